The first-order chi connectivity index (χ1) is 11.9. The first-order valence-electron chi connectivity index (χ1n) is 7.60. The van der Waals surface area contributed by atoms with Gasteiger partial charge in [-0.05, 0) is 48.4 Å². The molecule has 132 valence electrons. The highest BCUT2D eigenvalue weighted by Crippen LogP contribution is 2.29. The number of nitrogens with one attached hydrogen (secondary N) is 1. The number of amides is 1. The molecule has 0 aliphatic rings. The van der Waals surface area contributed by atoms with Crippen LogP contribution >= 0.6 is 23.2 Å². The standard InChI is InChI=1S/C19H19Cl2NO3/c1-12(14-5-8-17(24-2)18(10-14)25-3)22-19(23)9-6-13-4-7-15(20)11-16(13)21/h4-12H,1-3H3,(H,22,23)/b9-6+. The lowest BCUT2D eigenvalue weighted by Crippen LogP contribution is -2.24. The van der Waals surface area contributed by atoms with E-state index in [0.717, 1.165) is 11.1 Å². The predicted molar refractivity (Wildman–Crippen MR) is 102 cm³/mol. The number of hydrogen-bond acceptors (Lipinski definition) is 3. The Kier molecular flexibility index (Phi) is 6.73. The number of hydrogen-bond donors (Lipinski definition) is 1. The van der Waals surface area contributed by atoms with Crippen LogP contribution < -0.4 is 14.8 Å². The van der Waals surface area contributed by atoms with E-state index < -0.39 is 0 Å². The van der Waals surface area contributed by atoms with Crippen molar-refractivity contribution >= 4 is 35.2 Å². The molecule has 0 bridgehead atoms. The molecule has 0 saturated carbocycles. The van der Waals surface area contributed by atoms with Crippen LogP contribution in [0.1, 0.15) is 24.1 Å². The number of rotatable bonds is 6. The second-order valence-electron chi connectivity index (χ2n) is 5.34. The van der Waals surface area contributed by atoms with Gasteiger partial charge in [0.25, 0.3) is 0 Å². The summed E-state index contributed by atoms with van der Waals surface area (Å²) in [5.74, 6) is 1.03. The van der Waals surface area contributed by atoms with E-state index in [1.807, 2.05) is 19.1 Å². The van der Waals surface area contributed by atoms with E-state index in [2.05, 4.69) is 5.32 Å². The monoisotopic (exact) mass is 379 g/mol. The minimum atomic E-state index is -0.228. The molecule has 0 spiro atoms. The SMILES string of the molecule is COc1ccc(C(C)NC(=O)/C=C/c2ccc(Cl)cc2Cl)cc1OC. The van der Waals surface area contributed by atoms with Crippen LogP contribution in [0.15, 0.2) is 42.5 Å². The summed E-state index contributed by atoms with van der Waals surface area (Å²) < 4.78 is 10.5. The fourth-order valence-electron chi connectivity index (χ4n) is 2.27. The van der Waals surface area contributed by atoms with Crippen molar-refractivity contribution in [3.05, 3.63) is 63.6 Å². The molecule has 1 atom stereocenters. The van der Waals surface area contributed by atoms with Crippen molar-refractivity contribution < 1.29 is 14.3 Å². The summed E-state index contributed by atoms with van der Waals surface area (Å²) >= 11 is 11.9. The first-order valence-corrected chi connectivity index (χ1v) is 8.35. The quantitative estimate of drug-likeness (QED) is 0.725. The average Bonchev–Trinajstić information content (AvgIpc) is 2.60. The highest BCUT2D eigenvalue weighted by Gasteiger charge is 2.11. The third-order valence-electron chi connectivity index (χ3n) is 3.64. The predicted octanol–water partition coefficient (Wildman–Crippen LogP) is 4.90. The molecule has 2 rings (SSSR count). The molecule has 1 unspecified atom stereocenters. The van der Waals surface area contributed by atoms with Crippen LogP contribution in [0.25, 0.3) is 6.08 Å². The number of ether oxygens (including phenoxy) is 2. The van der Waals surface area contributed by atoms with Gasteiger partial charge in [-0.3, -0.25) is 4.79 Å². The second kappa shape index (κ2) is 8.79. The van der Waals surface area contributed by atoms with Crippen LogP contribution in [0.3, 0.4) is 0 Å². The largest absolute Gasteiger partial charge is 0.493 e. The lowest BCUT2D eigenvalue weighted by molar-refractivity contribution is -0.117. The van der Waals surface area contributed by atoms with Crippen molar-refractivity contribution in [1.29, 1.82) is 0 Å². The number of carbonyl (C=O) groups is 1. The molecule has 0 aromatic heterocycles. The summed E-state index contributed by atoms with van der Waals surface area (Å²) in [6.07, 6.45) is 3.09. The Hall–Kier alpha value is -2.17. The van der Waals surface area contributed by atoms with Gasteiger partial charge in [-0.25, -0.2) is 0 Å². The lowest BCUT2D eigenvalue weighted by Gasteiger charge is -2.15. The zero-order valence-corrected chi connectivity index (χ0v) is 15.7. The molecule has 0 aliphatic heterocycles. The lowest BCUT2D eigenvalue weighted by atomic mass is 10.1. The van der Waals surface area contributed by atoms with Gasteiger partial charge >= 0.3 is 0 Å². The Balaban J connectivity index is 2.05. The summed E-state index contributed by atoms with van der Waals surface area (Å²) in [5.41, 5.74) is 1.63. The van der Waals surface area contributed by atoms with Gasteiger partial charge in [0, 0.05) is 16.1 Å². The minimum Gasteiger partial charge on any atom is -0.493 e. The van der Waals surface area contributed by atoms with Crippen LogP contribution in [0.5, 0.6) is 11.5 Å². The van der Waals surface area contributed by atoms with E-state index in [0.29, 0.717) is 21.5 Å². The summed E-state index contributed by atoms with van der Waals surface area (Å²) in [5, 5.41) is 3.93. The van der Waals surface area contributed by atoms with Crippen molar-refractivity contribution in [3.8, 4) is 11.5 Å². The van der Waals surface area contributed by atoms with Crippen molar-refractivity contribution in [1.82, 2.24) is 5.32 Å². The number of benzene rings is 2. The Labute approximate surface area is 157 Å². The third-order valence-corrected chi connectivity index (χ3v) is 4.21. The summed E-state index contributed by atoms with van der Waals surface area (Å²) in [6.45, 7) is 1.89. The van der Waals surface area contributed by atoms with Gasteiger partial charge in [0.15, 0.2) is 11.5 Å². The number of carbonyl (C=O) groups excluding carboxylic acids is 1. The van der Waals surface area contributed by atoms with Crippen molar-refractivity contribution in [2.75, 3.05) is 14.2 Å². The molecular formula is C19H19Cl2NO3. The van der Waals surface area contributed by atoms with Crippen LogP contribution in [-0.2, 0) is 4.79 Å². The average molecular weight is 380 g/mol. The van der Waals surface area contributed by atoms with E-state index in [4.69, 9.17) is 32.7 Å². The molecule has 6 heteroatoms. The molecule has 4 nitrogen and oxygen atoms in total. The van der Waals surface area contributed by atoms with E-state index >= 15 is 0 Å². The molecule has 1 amide bonds. The summed E-state index contributed by atoms with van der Waals surface area (Å²) in [7, 11) is 3.15. The van der Waals surface area contributed by atoms with Crippen LogP contribution in [0.4, 0.5) is 0 Å². The van der Waals surface area contributed by atoms with Crippen LogP contribution in [-0.4, -0.2) is 20.1 Å². The zero-order chi connectivity index (χ0) is 18.4. The fourth-order valence-corrected chi connectivity index (χ4v) is 2.74. The molecular weight excluding hydrogens is 361 g/mol. The van der Waals surface area contributed by atoms with Gasteiger partial charge in [-0.1, -0.05) is 35.3 Å². The third kappa shape index (κ3) is 5.15. The van der Waals surface area contributed by atoms with Crippen molar-refractivity contribution in [2.45, 2.75) is 13.0 Å². The number of methoxy groups -OCH3 is 2. The maximum Gasteiger partial charge on any atom is 0.244 e. The molecule has 0 heterocycles. The fraction of sp³-hybridized carbons (Fsp3) is 0.211. The van der Waals surface area contributed by atoms with Crippen molar-refractivity contribution in [3.63, 3.8) is 0 Å². The Bertz CT molecular complexity index is 790. The Morgan fingerprint density at radius 3 is 2.44 bits per heavy atom. The van der Waals surface area contributed by atoms with E-state index in [-0.39, 0.29) is 11.9 Å². The molecule has 0 aliphatic carbocycles. The molecule has 0 saturated heterocycles. The van der Waals surface area contributed by atoms with Crippen LogP contribution in [0, 0.1) is 0 Å². The van der Waals surface area contributed by atoms with Crippen molar-refractivity contribution in [2.24, 2.45) is 0 Å². The van der Waals surface area contributed by atoms with E-state index in [1.165, 1.54) is 6.08 Å². The summed E-state index contributed by atoms with van der Waals surface area (Å²) in [4.78, 5) is 12.1. The molecule has 1 N–H and O–H groups in total. The topological polar surface area (TPSA) is 47.6 Å². The zero-order valence-electron chi connectivity index (χ0n) is 14.2. The van der Waals surface area contributed by atoms with Gasteiger partial charge in [0.05, 0.1) is 20.3 Å². The van der Waals surface area contributed by atoms with E-state index in [1.54, 1.807) is 44.6 Å². The Morgan fingerprint density at radius 1 is 1.08 bits per heavy atom. The minimum absolute atomic E-state index is 0.197. The van der Waals surface area contributed by atoms with Gasteiger partial charge in [-0.15, -0.1) is 0 Å². The number of halogens is 2. The van der Waals surface area contributed by atoms with Gasteiger partial charge in [0.2, 0.25) is 5.91 Å². The smallest absolute Gasteiger partial charge is 0.244 e. The second-order valence-corrected chi connectivity index (χ2v) is 6.19. The van der Waals surface area contributed by atoms with Crippen LogP contribution in [0.2, 0.25) is 10.0 Å². The normalized spacial score (nSPS) is 12.0. The Morgan fingerprint density at radius 2 is 1.80 bits per heavy atom. The van der Waals surface area contributed by atoms with Gasteiger partial charge < -0.3 is 14.8 Å². The van der Waals surface area contributed by atoms with Gasteiger partial charge in [-0.2, -0.15) is 0 Å². The molecule has 2 aromatic carbocycles. The molecule has 0 radical (unpaired) electrons. The molecule has 2 aromatic rings. The summed E-state index contributed by atoms with van der Waals surface area (Å²) in [6, 6.07) is 10.4. The molecule has 0 fully saturated rings. The maximum absolute atomic E-state index is 12.1. The van der Waals surface area contributed by atoms with E-state index in [9.17, 15) is 4.79 Å². The first kappa shape index (κ1) is 19.2. The molecule has 25 heavy (non-hydrogen) atoms. The highest BCUT2D eigenvalue weighted by atomic mass is 35.5. The highest BCUT2D eigenvalue weighted by molar-refractivity contribution is 6.35. The maximum atomic E-state index is 12.1. The van der Waals surface area contributed by atoms with Gasteiger partial charge in [0.1, 0.15) is 0 Å².